The molecule has 0 spiro atoms. The summed E-state index contributed by atoms with van der Waals surface area (Å²) in [6, 6.07) is 16.6. The molecule has 236 valence electrons. The van der Waals surface area contributed by atoms with E-state index in [0.717, 1.165) is 5.56 Å². The summed E-state index contributed by atoms with van der Waals surface area (Å²) in [4.78, 5) is 38.2. The maximum absolute atomic E-state index is 13.5. The van der Waals surface area contributed by atoms with Gasteiger partial charge >= 0.3 is 6.55 Å². The van der Waals surface area contributed by atoms with Crippen LogP contribution in [0, 0.1) is 5.92 Å². The van der Waals surface area contributed by atoms with Crippen LogP contribution in [0.4, 0.5) is 23.2 Å². The van der Waals surface area contributed by atoms with E-state index in [9.17, 15) is 27.2 Å². The third kappa shape index (κ3) is 5.78. The molecule has 1 saturated carbocycles. The molecule has 1 aliphatic carbocycles. The molecule has 1 N–H and O–H groups in total. The van der Waals surface area contributed by atoms with Crippen molar-refractivity contribution in [3.63, 3.8) is 0 Å². The van der Waals surface area contributed by atoms with Crippen LogP contribution in [0.1, 0.15) is 40.9 Å². The highest BCUT2D eigenvalue weighted by molar-refractivity contribution is 5.97. The number of carbonyl (C=O) groups is 2. The normalized spacial score (nSPS) is 18.5. The molecule has 46 heavy (non-hydrogen) atoms. The third-order valence-electron chi connectivity index (χ3n) is 7.97. The Morgan fingerprint density at radius 2 is 1.76 bits per heavy atom. The molecule has 1 unspecified atom stereocenters. The highest BCUT2D eigenvalue weighted by atomic mass is 19.3. The van der Waals surface area contributed by atoms with Crippen LogP contribution in [0.2, 0.25) is 0 Å². The van der Waals surface area contributed by atoms with Crippen molar-refractivity contribution in [3.8, 4) is 11.5 Å². The number of fused-ring (bicyclic) bond motifs is 1. The minimum atomic E-state index is -2.97. The maximum Gasteiger partial charge on any atom is 0.350 e. The van der Waals surface area contributed by atoms with E-state index in [1.807, 2.05) is 35.2 Å². The number of oxazole rings is 1. The van der Waals surface area contributed by atoms with Crippen LogP contribution < -0.4 is 5.32 Å². The first-order chi connectivity index (χ1) is 22.2. The van der Waals surface area contributed by atoms with Gasteiger partial charge in [0.2, 0.25) is 11.8 Å². The van der Waals surface area contributed by atoms with Crippen LogP contribution in [-0.2, 0) is 4.79 Å². The van der Waals surface area contributed by atoms with Crippen molar-refractivity contribution in [2.75, 3.05) is 31.5 Å². The lowest BCUT2D eigenvalue weighted by molar-refractivity contribution is -0.119. The predicted octanol–water partition coefficient (Wildman–Crippen LogP) is 4.41. The lowest BCUT2D eigenvalue weighted by Crippen LogP contribution is -2.50. The Bertz CT molecular complexity index is 1910. The second-order valence-electron chi connectivity index (χ2n) is 11.0. The van der Waals surface area contributed by atoms with E-state index in [4.69, 9.17) is 4.42 Å². The number of aromatic nitrogens is 6. The number of piperazine rings is 1. The number of carbonyl (C=O) groups excluding carboxylic acids is 2. The zero-order valence-electron chi connectivity index (χ0n) is 23.9. The summed E-state index contributed by atoms with van der Waals surface area (Å²) in [6.45, 7) is -1.42. The van der Waals surface area contributed by atoms with E-state index < -0.39 is 36.8 Å². The van der Waals surface area contributed by atoms with Crippen molar-refractivity contribution in [1.29, 1.82) is 0 Å². The molecule has 7 rings (SSSR count). The van der Waals surface area contributed by atoms with Crippen molar-refractivity contribution in [1.82, 2.24) is 40.0 Å². The van der Waals surface area contributed by atoms with E-state index in [1.165, 1.54) is 12.3 Å². The van der Waals surface area contributed by atoms with E-state index in [2.05, 4.69) is 30.7 Å². The van der Waals surface area contributed by atoms with Crippen molar-refractivity contribution in [2.24, 2.45) is 5.92 Å². The zero-order valence-corrected chi connectivity index (χ0v) is 23.9. The molecule has 1 saturated heterocycles. The minimum absolute atomic E-state index is 0.137. The van der Waals surface area contributed by atoms with E-state index >= 15 is 0 Å². The molecule has 2 aromatic carbocycles. The molecule has 2 fully saturated rings. The van der Waals surface area contributed by atoms with E-state index in [1.54, 1.807) is 29.2 Å². The number of pyridine rings is 1. The Balaban J connectivity index is 1.04. The smallest absolute Gasteiger partial charge is 0.350 e. The molecule has 4 heterocycles. The number of benzene rings is 2. The highest BCUT2D eigenvalue weighted by Gasteiger charge is 2.61. The largest absolute Gasteiger partial charge is 0.436 e. The number of nitrogens with one attached hydrogen (secondary N) is 1. The lowest BCUT2D eigenvalue weighted by Gasteiger charge is -2.38. The monoisotopic (exact) mass is 635 g/mol. The molecule has 0 radical (unpaired) electrons. The Morgan fingerprint density at radius 1 is 1.00 bits per heavy atom. The number of alkyl halides is 4. The second-order valence-corrected chi connectivity index (χ2v) is 11.0. The quantitative estimate of drug-likeness (QED) is 0.246. The number of hydrogen-bond acceptors (Lipinski definition) is 9. The average Bonchev–Trinajstić information content (AvgIpc) is 3.39. The molecule has 3 aromatic heterocycles. The molecule has 2 atom stereocenters. The summed E-state index contributed by atoms with van der Waals surface area (Å²) in [5.74, 6) is -5.02. The van der Waals surface area contributed by atoms with Crippen molar-refractivity contribution >= 4 is 28.6 Å². The van der Waals surface area contributed by atoms with Gasteiger partial charge in [0.1, 0.15) is 17.1 Å². The SMILES string of the molecule is O=C(Nc1ccc2nc(-c3ccnc(C(=O)N4CCN(C(c5ccccc5)c5nnn(C(F)F)n5)CC4)c3)oc2c1)[C@@H]1CC1(F)F. The van der Waals surface area contributed by atoms with Gasteiger partial charge in [0.15, 0.2) is 11.4 Å². The number of hydrogen-bond donors (Lipinski definition) is 1. The van der Waals surface area contributed by atoms with Gasteiger partial charge in [-0.15, -0.1) is 10.2 Å². The van der Waals surface area contributed by atoms with E-state index in [0.29, 0.717) is 48.5 Å². The van der Waals surface area contributed by atoms with Gasteiger partial charge < -0.3 is 14.6 Å². The van der Waals surface area contributed by atoms with Crippen LogP contribution in [0.25, 0.3) is 22.6 Å². The molecule has 1 aliphatic heterocycles. The van der Waals surface area contributed by atoms with Crippen molar-refractivity contribution in [3.05, 3.63) is 83.9 Å². The summed E-state index contributed by atoms with van der Waals surface area (Å²) in [5.41, 5.74) is 2.58. The molecule has 2 amide bonds. The highest BCUT2D eigenvalue weighted by Crippen LogP contribution is 2.49. The number of halogens is 4. The zero-order chi connectivity index (χ0) is 32.0. The first kappa shape index (κ1) is 29.5. The number of anilines is 1. The number of rotatable bonds is 8. The Morgan fingerprint density at radius 3 is 2.46 bits per heavy atom. The minimum Gasteiger partial charge on any atom is -0.436 e. The summed E-state index contributed by atoms with van der Waals surface area (Å²) < 4.78 is 58.7. The molecular formula is C30H25F4N9O3. The first-order valence-corrected chi connectivity index (χ1v) is 14.4. The van der Waals surface area contributed by atoms with Gasteiger partial charge in [-0.3, -0.25) is 19.5 Å². The van der Waals surface area contributed by atoms with Gasteiger partial charge in [-0.1, -0.05) is 35.1 Å². The third-order valence-corrected chi connectivity index (χ3v) is 7.97. The molecule has 0 bridgehead atoms. The standard InChI is InChI=1S/C30H25F4N9O3/c31-29(32)43-39-25(38-40-43)24(17-4-2-1-3-5-17)41-10-12-42(13-11-41)28(45)22-14-18(8-9-35-22)27-37-21-7-6-19(15-23(21)46-27)36-26(44)20-16-30(20,33)34/h1-9,14-15,20,24,29H,10-13,16H2,(H,36,44)/t20-,24?/m0/s1. The van der Waals surface area contributed by atoms with Crippen LogP contribution >= 0.6 is 0 Å². The fourth-order valence-electron chi connectivity index (χ4n) is 5.47. The summed E-state index contributed by atoms with van der Waals surface area (Å²) in [5, 5.41) is 13.8. The van der Waals surface area contributed by atoms with E-state index in [-0.39, 0.29) is 28.1 Å². The van der Waals surface area contributed by atoms with Crippen LogP contribution in [-0.4, -0.2) is 83.9 Å². The van der Waals surface area contributed by atoms with Crippen molar-refractivity contribution < 1.29 is 31.6 Å². The van der Waals surface area contributed by atoms with Gasteiger partial charge in [0.05, 0.1) is 6.04 Å². The van der Waals surface area contributed by atoms with Gasteiger partial charge in [0, 0.05) is 56.1 Å². The van der Waals surface area contributed by atoms with Crippen LogP contribution in [0.15, 0.2) is 71.3 Å². The number of nitrogens with zero attached hydrogens (tertiary/aromatic N) is 8. The van der Waals surface area contributed by atoms with Gasteiger partial charge in [-0.25, -0.2) is 13.8 Å². The van der Waals surface area contributed by atoms with Crippen molar-refractivity contribution in [2.45, 2.75) is 24.9 Å². The lowest BCUT2D eigenvalue weighted by atomic mass is 10.0. The van der Waals surface area contributed by atoms with Gasteiger partial charge in [-0.2, -0.15) is 8.78 Å². The average molecular weight is 636 g/mol. The number of amides is 2. The summed E-state index contributed by atoms with van der Waals surface area (Å²) in [7, 11) is 0. The molecular weight excluding hydrogens is 610 g/mol. The fourth-order valence-corrected chi connectivity index (χ4v) is 5.47. The molecule has 5 aromatic rings. The fraction of sp³-hybridized carbons (Fsp3) is 0.300. The Hall–Kier alpha value is -5.25. The first-order valence-electron chi connectivity index (χ1n) is 14.4. The maximum atomic E-state index is 13.5. The van der Waals surface area contributed by atoms with Gasteiger partial charge in [0.25, 0.3) is 11.8 Å². The Kier molecular flexibility index (Phi) is 7.43. The Labute approximate surface area is 258 Å². The van der Waals surface area contributed by atoms with Crippen LogP contribution in [0.5, 0.6) is 0 Å². The number of tetrazole rings is 1. The predicted molar refractivity (Wildman–Crippen MR) is 154 cm³/mol. The molecule has 16 heteroatoms. The van der Waals surface area contributed by atoms with Gasteiger partial charge in [-0.05, 0) is 35.0 Å². The summed E-state index contributed by atoms with van der Waals surface area (Å²) in [6.07, 6.45) is 1.00. The van der Waals surface area contributed by atoms with Crippen LogP contribution in [0.3, 0.4) is 0 Å². The molecule has 2 aliphatic rings. The summed E-state index contributed by atoms with van der Waals surface area (Å²) >= 11 is 0. The topological polar surface area (TPSA) is 135 Å². The molecule has 12 nitrogen and oxygen atoms in total. The second kappa shape index (κ2) is 11.6.